The quantitative estimate of drug-likeness (QED) is 0.116. The number of nitrogens with one attached hydrogen (secondary N) is 1. The SMILES string of the molecule is C=C/C=C\C(=C/C)C(NCc1ccc([N+](=O)[O-])cc1)(OC/C=C\CO)c1ccccc1C=O. The van der Waals surface area contributed by atoms with Crippen LogP contribution in [-0.2, 0) is 17.0 Å². The van der Waals surface area contributed by atoms with Crippen molar-refractivity contribution in [2.24, 2.45) is 0 Å². The fourth-order valence-electron chi connectivity index (χ4n) is 3.35. The third kappa shape index (κ3) is 6.66. The number of carbonyl (C=O) groups excluding carboxylic acids is 1. The number of hydrogen-bond donors (Lipinski definition) is 2. The predicted molar refractivity (Wildman–Crippen MR) is 129 cm³/mol. The van der Waals surface area contributed by atoms with E-state index < -0.39 is 10.6 Å². The number of allylic oxidation sites excluding steroid dienone is 3. The molecule has 0 aliphatic carbocycles. The average molecular weight is 449 g/mol. The molecule has 2 rings (SSSR count). The number of nitro benzene ring substituents is 1. The molecule has 7 nitrogen and oxygen atoms in total. The molecule has 7 heteroatoms. The lowest BCUT2D eigenvalue weighted by Crippen LogP contribution is -2.46. The number of ether oxygens (including phenoxy) is 1. The minimum absolute atomic E-state index is 0.00441. The summed E-state index contributed by atoms with van der Waals surface area (Å²) in [5.41, 5.74) is 1.37. The Morgan fingerprint density at radius 1 is 1.21 bits per heavy atom. The van der Waals surface area contributed by atoms with Gasteiger partial charge in [0.2, 0.25) is 0 Å². The Kier molecular flexibility index (Phi) is 10.1. The highest BCUT2D eigenvalue weighted by Gasteiger charge is 2.37. The van der Waals surface area contributed by atoms with Crippen LogP contribution in [0.25, 0.3) is 0 Å². The Hall–Kier alpha value is -3.65. The van der Waals surface area contributed by atoms with Gasteiger partial charge in [-0.3, -0.25) is 20.2 Å². The molecule has 0 aliphatic heterocycles. The van der Waals surface area contributed by atoms with Crippen molar-refractivity contribution in [3.05, 3.63) is 124 Å². The van der Waals surface area contributed by atoms with Gasteiger partial charge in [0.05, 0.1) is 18.1 Å². The van der Waals surface area contributed by atoms with Crippen molar-refractivity contribution < 1.29 is 19.6 Å². The third-order valence-corrected chi connectivity index (χ3v) is 4.95. The molecule has 0 aromatic heterocycles. The van der Waals surface area contributed by atoms with Gasteiger partial charge >= 0.3 is 0 Å². The standard InChI is InChI=1S/C26H28N2O5/c1-3-5-11-23(4-2)26(33-18-9-8-17-29,25-12-7-6-10-22(25)20-30)27-19-21-13-15-24(16-14-21)28(31)32/h3-16,20,27,29H,1,17-19H2,2H3/b9-8-,11-5-,23-4+. The molecular weight excluding hydrogens is 420 g/mol. The van der Waals surface area contributed by atoms with Crippen molar-refractivity contribution >= 4 is 12.0 Å². The van der Waals surface area contributed by atoms with E-state index in [-0.39, 0.29) is 18.9 Å². The van der Waals surface area contributed by atoms with Crippen molar-refractivity contribution in [2.45, 2.75) is 19.2 Å². The second kappa shape index (κ2) is 13.0. The largest absolute Gasteiger partial charge is 0.392 e. The number of aldehydes is 1. The maximum absolute atomic E-state index is 11.9. The van der Waals surface area contributed by atoms with E-state index in [9.17, 15) is 14.9 Å². The van der Waals surface area contributed by atoms with Crippen LogP contribution >= 0.6 is 0 Å². The molecule has 0 aliphatic rings. The fraction of sp³-hybridized carbons (Fsp3) is 0.192. The maximum atomic E-state index is 11.9. The molecule has 1 atom stereocenters. The summed E-state index contributed by atoms with van der Waals surface area (Å²) in [6.07, 6.45) is 11.2. The zero-order valence-electron chi connectivity index (χ0n) is 18.5. The van der Waals surface area contributed by atoms with Gasteiger partial charge in [-0.15, -0.1) is 0 Å². The first-order valence-corrected chi connectivity index (χ1v) is 10.4. The molecule has 0 fully saturated rings. The zero-order chi connectivity index (χ0) is 24.1. The predicted octanol–water partition coefficient (Wildman–Crippen LogP) is 4.60. The number of benzene rings is 2. The van der Waals surface area contributed by atoms with Gasteiger partial charge in [-0.1, -0.05) is 79.4 Å². The Morgan fingerprint density at radius 2 is 1.94 bits per heavy atom. The summed E-state index contributed by atoms with van der Waals surface area (Å²) in [5.74, 6) is 0. The molecule has 0 spiro atoms. The lowest BCUT2D eigenvalue weighted by molar-refractivity contribution is -0.384. The molecule has 2 aromatic carbocycles. The molecule has 0 bridgehead atoms. The van der Waals surface area contributed by atoms with Gasteiger partial charge in [0, 0.05) is 29.8 Å². The van der Waals surface area contributed by atoms with E-state index in [2.05, 4.69) is 11.9 Å². The van der Waals surface area contributed by atoms with Crippen LogP contribution in [0.1, 0.15) is 28.4 Å². The highest BCUT2D eigenvalue weighted by molar-refractivity contribution is 5.78. The van der Waals surface area contributed by atoms with E-state index in [1.165, 1.54) is 12.1 Å². The second-order valence-corrected chi connectivity index (χ2v) is 6.97. The molecule has 33 heavy (non-hydrogen) atoms. The van der Waals surface area contributed by atoms with Crippen LogP contribution in [0.3, 0.4) is 0 Å². The number of aliphatic hydroxyl groups is 1. The Labute approximate surface area is 193 Å². The van der Waals surface area contributed by atoms with Crippen LogP contribution in [0.4, 0.5) is 5.69 Å². The van der Waals surface area contributed by atoms with E-state index in [0.717, 1.165) is 17.4 Å². The number of aliphatic hydroxyl groups excluding tert-OH is 1. The van der Waals surface area contributed by atoms with Crippen molar-refractivity contribution in [2.75, 3.05) is 13.2 Å². The molecule has 1 unspecified atom stereocenters. The fourth-order valence-corrected chi connectivity index (χ4v) is 3.35. The van der Waals surface area contributed by atoms with Gasteiger partial charge in [0.15, 0.2) is 12.0 Å². The van der Waals surface area contributed by atoms with E-state index in [0.29, 0.717) is 17.7 Å². The number of nitrogens with zero attached hydrogens (tertiary/aromatic N) is 1. The summed E-state index contributed by atoms with van der Waals surface area (Å²) in [4.78, 5) is 22.4. The van der Waals surface area contributed by atoms with Crippen molar-refractivity contribution in [3.8, 4) is 0 Å². The van der Waals surface area contributed by atoms with Gasteiger partial charge in [-0.05, 0) is 18.1 Å². The van der Waals surface area contributed by atoms with Crippen molar-refractivity contribution in [1.82, 2.24) is 5.32 Å². The molecule has 0 saturated heterocycles. The van der Waals surface area contributed by atoms with Gasteiger partial charge in [-0.25, -0.2) is 0 Å². The zero-order valence-corrected chi connectivity index (χ0v) is 18.5. The van der Waals surface area contributed by atoms with Crippen LogP contribution < -0.4 is 5.32 Å². The van der Waals surface area contributed by atoms with E-state index in [1.807, 2.05) is 31.2 Å². The van der Waals surface area contributed by atoms with Gasteiger partial charge in [0.25, 0.3) is 5.69 Å². The minimum Gasteiger partial charge on any atom is -0.392 e. The minimum atomic E-state index is -1.23. The summed E-state index contributed by atoms with van der Waals surface area (Å²) in [7, 11) is 0. The molecular formula is C26H28N2O5. The second-order valence-electron chi connectivity index (χ2n) is 6.97. The highest BCUT2D eigenvalue weighted by Crippen LogP contribution is 2.35. The van der Waals surface area contributed by atoms with E-state index in [4.69, 9.17) is 9.84 Å². The molecule has 2 aromatic rings. The number of hydrogen-bond acceptors (Lipinski definition) is 6. The maximum Gasteiger partial charge on any atom is 0.269 e. The monoisotopic (exact) mass is 448 g/mol. The number of nitro groups is 1. The number of rotatable bonds is 13. The molecule has 0 amide bonds. The van der Waals surface area contributed by atoms with Crippen molar-refractivity contribution in [3.63, 3.8) is 0 Å². The topological polar surface area (TPSA) is 102 Å². The van der Waals surface area contributed by atoms with Gasteiger partial charge < -0.3 is 9.84 Å². The summed E-state index contributed by atoms with van der Waals surface area (Å²) >= 11 is 0. The number of non-ortho nitro benzene ring substituents is 1. The lowest BCUT2D eigenvalue weighted by atomic mass is 9.89. The highest BCUT2D eigenvalue weighted by atomic mass is 16.6. The van der Waals surface area contributed by atoms with E-state index >= 15 is 0 Å². The van der Waals surface area contributed by atoms with Crippen LogP contribution in [0, 0.1) is 10.1 Å². The smallest absolute Gasteiger partial charge is 0.269 e. The first-order chi connectivity index (χ1) is 16.0. The summed E-state index contributed by atoms with van der Waals surface area (Å²) in [6, 6.07) is 13.3. The molecule has 2 N–H and O–H groups in total. The number of carbonyl (C=O) groups is 1. The van der Waals surface area contributed by atoms with Gasteiger partial charge in [-0.2, -0.15) is 0 Å². The Morgan fingerprint density at radius 3 is 2.55 bits per heavy atom. The Balaban J connectivity index is 2.59. The Bertz CT molecular complexity index is 1040. The van der Waals surface area contributed by atoms with Gasteiger partial charge in [0.1, 0.15) is 0 Å². The van der Waals surface area contributed by atoms with Crippen molar-refractivity contribution in [1.29, 1.82) is 0 Å². The molecule has 0 heterocycles. The summed E-state index contributed by atoms with van der Waals surface area (Å²) in [6.45, 7) is 5.93. The normalized spacial score (nSPS) is 13.8. The molecule has 172 valence electrons. The van der Waals surface area contributed by atoms with Crippen LogP contribution in [0.15, 0.2) is 97.1 Å². The first-order valence-electron chi connectivity index (χ1n) is 10.4. The molecule has 0 radical (unpaired) electrons. The van der Waals surface area contributed by atoms with Crippen LogP contribution in [-0.4, -0.2) is 29.5 Å². The third-order valence-electron chi connectivity index (χ3n) is 4.95. The van der Waals surface area contributed by atoms with E-state index in [1.54, 1.807) is 48.6 Å². The summed E-state index contributed by atoms with van der Waals surface area (Å²) < 4.78 is 6.36. The van der Waals surface area contributed by atoms with Crippen LogP contribution in [0.2, 0.25) is 0 Å². The first kappa shape index (κ1) is 25.6. The average Bonchev–Trinajstić information content (AvgIpc) is 2.85. The summed E-state index contributed by atoms with van der Waals surface area (Å²) in [5, 5.41) is 23.5. The molecule has 0 saturated carbocycles. The van der Waals surface area contributed by atoms with Crippen LogP contribution in [0.5, 0.6) is 0 Å². The lowest BCUT2D eigenvalue weighted by Gasteiger charge is -2.37.